The van der Waals surface area contributed by atoms with Gasteiger partial charge in [-0.3, -0.25) is 4.79 Å². The van der Waals surface area contributed by atoms with Crippen molar-refractivity contribution < 1.29 is 9.53 Å². The summed E-state index contributed by atoms with van der Waals surface area (Å²) in [5.41, 5.74) is 1.94. The van der Waals surface area contributed by atoms with E-state index >= 15 is 0 Å². The van der Waals surface area contributed by atoms with E-state index in [2.05, 4.69) is 34.7 Å². The highest BCUT2D eigenvalue weighted by Gasteiger charge is 2.28. The molecule has 23 heavy (non-hydrogen) atoms. The first kappa shape index (κ1) is 16.6. The summed E-state index contributed by atoms with van der Waals surface area (Å²) in [4.78, 5) is 14.7. The highest BCUT2D eigenvalue weighted by Crippen LogP contribution is 2.30. The lowest BCUT2D eigenvalue weighted by molar-refractivity contribution is 0.0789. The highest BCUT2D eigenvalue weighted by atomic mass is 127. The Hall–Kier alpha value is -1.27. The smallest absolute Gasteiger partial charge is 0.255 e. The van der Waals surface area contributed by atoms with Gasteiger partial charge in [0, 0.05) is 27.6 Å². The number of halogens is 2. The molecule has 120 valence electrons. The number of methoxy groups -OCH3 is 1. The monoisotopic (exact) mass is 441 g/mol. The zero-order valence-corrected chi connectivity index (χ0v) is 15.7. The van der Waals surface area contributed by atoms with Crippen LogP contribution < -0.4 is 4.74 Å². The first-order valence-corrected chi connectivity index (χ1v) is 8.92. The SMILES string of the molecule is COc1ccc(C2CCN(C(=O)c3cc(Cl)ccc3I)C2)cc1. The largest absolute Gasteiger partial charge is 0.497 e. The average Bonchev–Trinajstić information content (AvgIpc) is 3.06. The third kappa shape index (κ3) is 3.63. The lowest BCUT2D eigenvalue weighted by atomic mass is 9.98. The van der Waals surface area contributed by atoms with E-state index in [0.717, 1.165) is 28.8 Å². The van der Waals surface area contributed by atoms with Crippen LogP contribution in [0.3, 0.4) is 0 Å². The first-order chi connectivity index (χ1) is 11.1. The molecule has 0 N–H and O–H groups in total. The van der Waals surface area contributed by atoms with Crippen LogP contribution in [0.15, 0.2) is 42.5 Å². The van der Waals surface area contributed by atoms with E-state index in [9.17, 15) is 4.79 Å². The second-order valence-corrected chi connectivity index (χ2v) is 7.23. The van der Waals surface area contributed by atoms with Crippen LogP contribution in [-0.4, -0.2) is 31.0 Å². The van der Waals surface area contributed by atoms with Crippen molar-refractivity contribution in [2.24, 2.45) is 0 Å². The van der Waals surface area contributed by atoms with Crippen LogP contribution in [0.5, 0.6) is 5.75 Å². The maximum absolute atomic E-state index is 12.7. The van der Waals surface area contributed by atoms with E-state index in [1.54, 1.807) is 13.2 Å². The lowest BCUT2D eigenvalue weighted by Gasteiger charge is -2.18. The Labute approximate surface area is 154 Å². The van der Waals surface area contributed by atoms with Crippen molar-refractivity contribution in [3.8, 4) is 5.75 Å². The first-order valence-electron chi connectivity index (χ1n) is 7.47. The maximum Gasteiger partial charge on any atom is 0.255 e. The van der Waals surface area contributed by atoms with Crippen LogP contribution in [0, 0.1) is 3.57 Å². The average molecular weight is 442 g/mol. The molecular weight excluding hydrogens is 425 g/mol. The van der Waals surface area contributed by atoms with Crippen LogP contribution in [-0.2, 0) is 0 Å². The molecule has 2 aromatic rings. The molecule has 1 unspecified atom stereocenters. The van der Waals surface area contributed by atoms with E-state index in [1.165, 1.54) is 5.56 Å². The van der Waals surface area contributed by atoms with Gasteiger partial charge in [0.25, 0.3) is 5.91 Å². The van der Waals surface area contributed by atoms with Crippen molar-refractivity contribution in [3.63, 3.8) is 0 Å². The van der Waals surface area contributed by atoms with Gasteiger partial charge in [-0.15, -0.1) is 0 Å². The molecule has 1 saturated heterocycles. The maximum atomic E-state index is 12.7. The molecule has 5 heteroatoms. The summed E-state index contributed by atoms with van der Waals surface area (Å²) in [6.45, 7) is 1.52. The number of likely N-dealkylation sites (tertiary alicyclic amines) is 1. The van der Waals surface area contributed by atoms with Crippen molar-refractivity contribution in [2.45, 2.75) is 12.3 Å². The van der Waals surface area contributed by atoms with Gasteiger partial charge in [0.1, 0.15) is 5.75 Å². The van der Waals surface area contributed by atoms with Gasteiger partial charge in [-0.25, -0.2) is 0 Å². The molecule has 0 aromatic heterocycles. The third-order valence-corrected chi connectivity index (χ3v) is 5.40. The van der Waals surface area contributed by atoms with Gasteiger partial charge < -0.3 is 9.64 Å². The number of carbonyl (C=O) groups excluding carboxylic acids is 1. The number of hydrogen-bond acceptors (Lipinski definition) is 2. The summed E-state index contributed by atoms with van der Waals surface area (Å²) in [6.07, 6.45) is 0.981. The summed E-state index contributed by atoms with van der Waals surface area (Å²) in [5.74, 6) is 1.29. The number of amides is 1. The molecule has 1 atom stereocenters. The predicted octanol–water partition coefficient (Wildman–Crippen LogP) is 4.58. The number of nitrogens with zero attached hydrogens (tertiary/aromatic N) is 1. The Bertz CT molecular complexity index is 717. The van der Waals surface area contributed by atoms with E-state index in [1.807, 2.05) is 29.2 Å². The standard InChI is InChI=1S/C18H17ClINO2/c1-23-15-5-2-12(3-6-15)13-8-9-21(11-13)18(22)16-10-14(19)4-7-17(16)20/h2-7,10,13H,8-9,11H2,1H3. The third-order valence-electron chi connectivity index (χ3n) is 4.22. The molecule has 3 rings (SSSR count). The molecule has 1 aliphatic heterocycles. The van der Waals surface area contributed by atoms with Crippen LogP contribution >= 0.6 is 34.2 Å². The van der Waals surface area contributed by atoms with Crippen molar-refractivity contribution in [2.75, 3.05) is 20.2 Å². The quantitative estimate of drug-likeness (QED) is 0.653. The zero-order valence-electron chi connectivity index (χ0n) is 12.8. The molecule has 0 bridgehead atoms. The molecular formula is C18H17ClINO2. The minimum absolute atomic E-state index is 0.0629. The van der Waals surface area contributed by atoms with Crippen molar-refractivity contribution in [3.05, 3.63) is 62.2 Å². The molecule has 0 spiro atoms. The fourth-order valence-corrected chi connectivity index (χ4v) is 3.66. The second-order valence-electron chi connectivity index (χ2n) is 5.63. The molecule has 2 aromatic carbocycles. The summed E-state index contributed by atoms with van der Waals surface area (Å²) < 4.78 is 6.13. The molecule has 0 aliphatic carbocycles. The summed E-state index contributed by atoms with van der Waals surface area (Å²) in [6, 6.07) is 13.6. The Balaban J connectivity index is 1.73. The van der Waals surface area contributed by atoms with Gasteiger partial charge in [-0.1, -0.05) is 23.7 Å². The topological polar surface area (TPSA) is 29.5 Å². The normalized spacial score (nSPS) is 17.3. The fourth-order valence-electron chi connectivity index (χ4n) is 2.92. The Morgan fingerprint density at radius 1 is 1.26 bits per heavy atom. The predicted molar refractivity (Wildman–Crippen MR) is 100 cm³/mol. The van der Waals surface area contributed by atoms with Crippen molar-refractivity contribution in [1.29, 1.82) is 0 Å². The van der Waals surface area contributed by atoms with Gasteiger partial charge in [0.15, 0.2) is 0 Å². The molecule has 0 saturated carbocycles. The minimum Gasteiger partial charge on any atom is -0.497 e. The summed E-state index contributed by atoms with van der Waals surface area (Å²) in [7, 11) is 1.66. The van der Waals surface area contributed by atoms with Crippen molar-refractivity contribution in [1.82, 2.24) is 4.90 Å². The molecule has 1 amide bonds. The Morgan fingerprint density at radius 3 is 2.70 bits per heavy atom. The van der Waals surface area contributed by atoms with Gasteiger partial charge in [-0.2, -0.15) is 0 Å². The van der Waals surface area contributed by atoms with Crippen LogP contribution in [0.25, 0.3) is 0 Å². The van der Waals surface area contributed by atoms with Gasteiger partial charge in [0.2, 0.25) is 0 Å². The van der Waals surface area contributed by atoms with Gasteiger partial charge in [0.05, 0.1) is 12.7 Å². The molecule has 3 nitrogen and oxygen atoms in total. The van der Waals surface area contributed by atoms with Crippen LogP contribution in [0.1, 0.15) is 28.3 Å². The molecule has 1 fully saturated rings. The molecule has 1 heterocycles. The van der Waals surface area contributed by atoms with Crippen LogP contribution in [0.2, 0.25) is 5.02 Å². The van der Waals surface area contributed by atoms with Gasteiger partial charge in [-0.05, 0) is 64.9 Å². The van der Waals surface area contributed by atoms with Crippen LogP contribution in [0.4, 0.5) is 0 Å². The Morgan fingerprint density at radius 2 is 2.00 bits per heavy atom. The van der Waals surface area contributed by atoms with E-state index < -0.39 is 0 Å². The summed E-state index contributed by atoms with van der Waals surface area (Å²) in [5, 5.41) is 0.597. The zero-order chi connectivity index (χ0) is 16.4. The number of carbonyl (C=O) groups is 1. The lowest BCUT2D eigenvalue weighted by Crippen LogP contribution is -2.29. The van der Waals surface area contributed by atoms with E-state index in [4.69, 9.17) is 16.3 Å². The summed E-state index contributed by atoms with van der Waals surface area (Å²) >= 11 is 8.22. The highest BCUT2D eigenvalue weighted by molar-refractivity contribution is 14.1. The van der Waals surface area contributed by atoms with E-state index in [-0.39, 0.29) is 5.91 Å². The second kappa shape index (κ2) is 7.09. The van der Waals surface area contributed by atoms with E-state index in [0.29, 0.717) is 16.5 Å². The number of hydrogen-bond donors (Lipinski definition) is 0. The fraction of sp³-hybridized carbons (Fsp3) is 0.278. The minimum atomic E-state index is 0.0629. The molecule has 1 aliphatic rings. The number of ether oxygens (including phenoxy) is 1. The van der Waals surface area contributed by atoms with Gasteiger partial charge >= 0.3 is 0 Å². The Kier molecular flexibility index (Phi) is 5.11. The number of rotatable bonds is 3. The molecule has 0 radical (unpaired) electrons. The number of benzene rings is 2. The van der Waals surface area contributed by atoms with Crippen molar-refractivity contribution >= 4 is 40.1 Å².